The van der Waals surface area contributed by atoms with Crippen LogP contribution in [0.15, 0.2) is 29.2 Å². The van der Waals surface area contributed by atoms with Crippen molar-refractivity contribution >= 4 is 41.7 Å². The maximum atomic E-state index is 11.6. The minimum atomic E-state index is -0.385. The molecule has 2 amide bonds. The van der Waals surface area contributed by atoms with E-state index in [1.165, 1.54) is 11.8 Å². The summed E-state index contributed by atoms with van der Waals surface area (Å²) in [5, 5.41) is 2.80. The van der Waals surface area contributed by atoms with Crippen LogP contribution in [-0.4, -0.2) is 24.1 Å². The van der Waals surface area contributed by atoms with Gasteiger partial charge in [-0.1, -0.05) is 12.1 Å². The molecule has 0 heterocycles. The molecule has 0 aliphatic carbocycles. The minimum absolute atomic E-state index is 0. The maximum Gasteiger partial charge on any atom is 0.227 e. The maximum absolute atomic E-state index is 11.6. The van der Waals surface area contributed by atoms with Gasteiger partial charge in [0.25, 0.3) is 0 Å². The molecule has 0 spiro atoms. The number of halogens is 1. The third-order valence-corrected chi connectivity index (χ3v) is 3.23. The van der Waals surface area contributed by atoms with Crippen molar-refractivity contribution in [3.05, 3.63) is 24.3 Å². The number of para-hydroxylation sites is 1. The molecule has 0 aliphatic rings. The van der Waals surface area contributed by atoms with E-state index < -0.39 is 0 Å². The van der Waals surface area contributed by atoms with Gasteiger partial charge in [-0.3, -0.25) is 9.59 Å². The Morgan fingerprint density at radius 1 is 1.26 bits per heavy atom. The van der Waals surface area contributed by atoms with E-state index >= 15 is 0 Å². The van der Waals surface area contributed by atoms with Crippen LogP contribution in [-0.2, 0) is 9.59 Å². The molecule has 5 nitrogen and oxygen atoms in total. The van der Waals surface area contributed by atoms with E-state index in [0.717, 1.165) is 4.90 Å². The molecule has 106 valence electrons. The van der Waals surface area contributed by atoms with Crippen molar-refractivity contribution in [3.63, 3.8) is 0 Å². The summed E-state index contributed by atoms with van der Waals surface area (Å²) in [7, 11) is 0. The Morgan fingerprint density at radius 3 is 2.58 bits per heavy atom. The number of hydrogen-bond donors (Lipinski definition) is 3. The summed E-state index contributed by atoms with van der Waals surface area (Å²) in [6, 6.07) is 7.31. The molecule has 0 unspecified atom stereocenters. The number of primary amides is 1. The zero-order valence-electron chi connectivity index (χ0n) is 10.4. The fourth-order valence-corrected chi connectivity index (χ4v) is 2.07. The molecule has 19 heavy (non-hydrogen) atoms. The lowest BCUT2D eigenvalue weighted by atomic mass is 10.2. The summed E-state index contributed by atoms with van der Waals surface area (Å²) >= 11 is 1.31. The second-order valence-corrected chi connectivity index (χ2v) is 4.71. The molecule has 0 saturated heterocycles. The van der Waals surface area contributed by atoms with E-state index in [1.807, 2.05) is 18.2 Å². The van der Waals surface area contributed by atoms with Crippen LogP contribution in [0.4, 0.5) is 5.69 Å². The van der Waals surface area contributed by atoms with Crippen molar-refractivity contribution in [1.29, 1.82) is 0 Å². The largest absolute Gasteiger partial charge is 0.369 e. The number of thioether (sulfide) groups is 1. The molecule has 0 fully saturated rings. The lowest BCUT2D eigenvalue weighted by molar-refractivity contribution is -0.116. The number of amides is 2. The van der Waals surface area contributed by atoms with Gasteiger partial charge in [-0.25, -0.2) is 0 Å². The number of hydrogen-bond acceptors (Lipinski definition) is 4. The van der Waals surface area contributed by atoms with E-state index in [4.69, 9.17) is 11.5 Å². The van der Waals surface area contributed by atoms with Crippen molar-refractivity contribution in [2.75, 3.05) is 17.6 Å². The third kappa shape index (κ3) is 7.05. The first-order valence-corrected chi connectivity index (χ1v) is 6.62. The fraction of sp³-hybridized carbons (Fsp3) is 0.333. The Hall–Kier alpha value is -1.24. The van der Waals surface area contributed by atoms with Crippen LogP contribution in [0.1, 0.15) is 12.8 Å². The van der Waals surface area contributed by atoms with Gasteiger partial charge >= 0.3 is 0 Å². The monoisotopic (exact) mass is 303 g/mol. The van der Waals surface area contributed by atoms with Crippen molar-refractivity contribution in [2.45, 2.75) is 17.7 Å². The molecule has 1 rings (SSSR count). The minimum Gasteiger partial charge on any atom is -0.369 e. The highest BCUT2D eigenvalue weighted by atomic mass is 35.5. The molecular weight excluding hydrogens is 286 g/mol. The van der Waals surface area contributed by atoms with Gasteiger partial charge < -0.3 is 16.8 Å². The van der Waals surface area contributed by atoms with Crippen LogP contribution in [0.2, 0.25) is 0 Å². The second kappa shape index (κ2) is 9.66. The normalized spacial score (nSPS) is 9.53. The number of nitrogens with two attached hydrogens (primary N) is 2. The molecular formula is C12H18ClN3O2S. The number of carbonyl (C=O) groups excluding carboxylic acids is 2. The summed E-state index contributed by atoms with van der Waals surface area (Å²) in [6.07, 6.45) is 1.05. The Balaban J connectivity index is 0.00000324. The van der Waals surface area contributed by atoms with Crippen LogP contribution >= 0.6 is 24.2 Å². The van der Waals surface area contributed by atoms with Crippen molar-refractivity contribution in [3.8, 4) is 0 Å². The number of carbonyl (C=O) groups is 2. The van der Waals surface area contributed by atoms with Crippen molar-refractivity contribution in [2.24, 2.45) is 11.5 Å². The average Bonchev–Trinajstić information content (AvgIpc) is 2.35. The fourth-order valence-electron chi connectivity index (χ4n) is 1.32. The molecule has 0 saturated carbocycles. The number of rotatable bonds is 7. The molecule has 0 aliphatic heterocycles. The first-order chi connectivity index (χ1) is 8.63. The quantitative estimate of drug-likeness (QED) is 0.662. The standard InChI is InChI=1S/C12H17N3O2S.ClH/c13-7-3-6-12(17)15-9-4-1-2-5-10(9)18-8-11(14)16;/h1-2,4-5H,3,6-8,13H2,(H2,14,16)(H,15,17);1H. The highest BCUT2D eigenvalue weighted by Crippen LogP contribution is 2.26. The molecule has 1 aromatic carbocycles. The Kier molecular flexibility index (Phi) is 9.03. The first-order valence-electron chi connectivity index (χ1n) is 5.63. The second-order valence-electron chi connectivity index (χ2n) is 3.69. The third-order valence-electron chi connectivity index (χ3n) is 2.14. The van der Waals surface area contributed by atoms with Gasteiger partial charge in [-0.15, -0.1) is 24.2 Å². The van der Waals surface area contributed by atoms with Crippen LogP contribution in [0, 0.1) is 0 Å². The molecule has 1 aromatic rings. The Labute approximate surface area is 122 Å². The van der Waals surface area contributed by atoms with E-state index in [9.17, 15) is 9.59 Å². The van der Waals surface area contributed by atoms with E-state index in [1.54, 1.807) is 6.07 Å². The van der Waals surface area contributed by atoms with Crippen LogP contribution in [0.5, 0.6) is 0 Å². The summed E-state index contributed by atoms with van der Waals surface area (Å²) in [5.41, 5.74) is 11.1. The summed E-state index contributed by atoms with van der Waals surface area (Å²) < 4.78 is 0. The highest BCUT2D eigenvalue weighted by Gasteiger charge is 2.07. The van der Waals surface area contributed by atoms with Crippen LogP contribution < -0.4 is 16.8 Å². The Morgan fingerprint density at radius 2 is 1.95 bits per heavy atom. The Bertz CT molecular complexity index is 429. The molecule has 0 bridgehead atoms. The topological polar surface area (TPSA) is 98.2 Å². The molecule has 0 radical (unpaired) electrons. The van der Waals surface area contributed by atoms with Gasteiger partial charge in [0.15, 0.2) is 0 Å². The summed E-state index contributed by atoms with van der Waals surface area (Å²) in [5.74, 6) is -0.271. The zero-order chi connectivity index (χ0) is 13.4. The van der Waals surface area contributed by atoms with Crippen molar-refractivity contribution in [1.82, 2.24) is 0 Å². The summed E-state index contributed by atoms with van der Waals surface area (Å²) in [6.45, 7) is 0.492. The lowest BCUT2D eigenvalue weighted by Crippen LogP contribution is -2.15. The van der Waals surface area contributed by atoms with Crippen LogP contribution in [0.3, 0.4) is 0 Å². The number of nitrogens with one attached hydrogen (secondary N) is 1. The van der Waals surface area contributed by atoms with E-state index in [-0.39, 0.29) is 30.0 Å². The van der Waals surface area contributed by atoms with Gasteiger partial charge in [0, 0.05) is 11.3 Å². The summed E-state index contributed by atoms with van der Waals surface area (Å²) in [4.78, 5) is 23.2. The average molecular weight is 304 g/mol. The molecule has 7 heteroatoms. The molecule has 0 atom stereocenters. The van der Waals surface area contributed by atoms with Gasteiger partial charge in [0.05, 0.1) is 11.4 Å². The van der Waals surface area contributed by atoms with Crippen LogP contribution in [0.25, 0.3) is 0 Å². The van der Waals surface area contributed by atoms with Gasteiger partial charge in [0.1, 0.15) is 0 Å². The van der Waals surface area contributed by atoms with E-state index in [2.05, 4.69) is 5.32 Å². The van der Waals surface area contributed by atoms with E-state index in [0.29, 0.717) is 25.1 Å². The van der Waals surface area contributed by atoms with Gasteiger partial charge in [0.2, 0.25) is 11.8 Å². The number of anilines is 1. The highest BCUT2D eigenvalue weighted by molar-refractivity contribution is 8.00. The van der Waals surface area contributed by atoms with Crippen molar-refractivity contribution < 1.29 is 9.59 Å². The molecule has 0 aromatic heterocycles. The lowest BCUT2D eigenvalue weighted by Gasteiger charge is -2.09. The first kappa shape index (κ1) is 17.8. The smallest absolute Gasteiger partial charge is 0.227 e. The SMILES string of the molecule is Cl.NCCCC(=O)Nc1ccccc1SCC(N)=O. The predicted octanol–water partition coefficient (Wildman–Crippen LogP) is 1.36. The van der Waals surface area contributed by atoms with Gasteiger partial charge in [-0.2, -0.15) is 0 Å². The zero-order valence-corrected chi connectivity index (χ0v) is 12.1. The number of benzene rings is 1. The predicted molar refractivity (Wildman–Crippen MR) is 80.5 cm³/mol. The molecule has 5 N–H and O–H groups in total. The van der Waals surface area contributed by atoms with Gasteiger partial charge in [-0.05, 0) is 25.1 Å².